The second kappa shape index (κ2) is 9.29. The van der Waals surface area contributed by atoms with E-state index in [-0.39, 0.29) is 12.5 Å². The molecule has 0 atom stereocenters. The number of hydrogen-bond donors (Lipinski definition) is 4. The van der Waals surface area contributed by atoms with E-state index in [0.717, 1.165) is 15.9 Å². The molecule has 3 aromatic rings. The van der Waals surface area contributed by atoms with Gasteiger partial charge in [0.25, 0.3) is 5.91 Å². The van der Waals surface area contributed by atoms with E-state index >= 15 is 0 Å². The fourth-order valence-corrected chi connectivity index (χ4v) is 2.90. The minimum atomic E-state index is -0.177. The third kappa shape index (κ3) is 5.51. The molecule has 0 aliphatic heterocycles. The number of aromatic nitrogens is 2. The molecule has 1 heterocycles. The van der Waals surface area contributed by atoms with Crippen molar-refractivity contribution < 1.29 is 9.90 Å². The smallest absolute Gasteiger partial charge is 0.255 e. The number of nitrogens with zero attached hydrogens (tertiary/aromatic N) is 2. The molecule has 8 heteroatoms. The molecule has 7 nitrogen and oxygen atoms in total. The lowest BCUT2D eigenvalue weighted by Gasteiger charge is -2.10. The highest BCUT2D eigenvalue weighted by Crippen LogP contribution is 2.19. The predicted molar refractivity (Wildman–Crippen MR) is 114 cm³/mol. The molecule has 1 amide bonds. The number of aliphatic hydroxyl groups is 1. The van der Waals surface area contributed by atoms with Gasteiger partial charge in [0.1, 0.15) is 5.82 Å². The number of halogens is 1. The molecule has 0 aliphatic carbocycles. The van der Waals surface area contributed by atoms with Crippen molar-refractivity contribution in [3.8, 4) is 0 Å². The van der Waals surface area contributed by atoms with E-state index < -0.39 is 0 Å². The molecular formula is C20H20BrN5O2. The van der Waals surface area contributed by atoms with Gasteiger partial charge < -0.3 is 21.1 Å². The summed E-state index contributed by atoms with van der Waals surface area (Å²) in [4.78, 5) is 21.0. The van der Waals surface area contributed by atoms with Gasteiger partial charge in [-0.25, -0.2) is 4.98 Å². The first-order valence-electron chi connectivity index (χ1n) is 8.68. The molecule has 0 bridgehead atoms. The van der Waals surface area contributed by atoms with E-state index in [1.54, 1.807) is 30.3 Å². The van der Waals surface area contributed by atoms with Crippen molar-refractivity contribution in [3.63, 3.8) is 0 Å². The number of amides is 1. The number of carbonyl (C=O) groups excluding carboxylic acids is 1. The van der Waals surface area contributed by atoms with Crippen LogP contribution >= 0.6 is 15.9 Å². The highest BCUT2D eigenvalue weighted by molar-refractivity contribution is 9.10. The molecule has 0 fully saturated rings. The summed E-state index contributed by atoms with van der Waals surface area (Å²) in [5.74, 6) is 0.914. The fourth-order valence-electron chi connectivity index (χ4n) is 2.50. The van der Waals surface area contributed by atoms with E-state index in [1.807, 2.05) is 31.2 Å². The first kappa shape index (κ1) is 19.8. The SMILES string of the molecule is Cc1cc(NCCO)nc(Nc2ccc(NC(=O)c3cccc(Br)c3)cc2)n1. The van der Waals surface area contributed by atoms with Crippen LogP contribution in [0, 0.1) is 6.92 Å². The standard InChI is InChI=1S/C20H20BrN5O2/c1-13-11-18(22-9-10-27)26-20(23-13)25-17-7-5-16(6-8-17)24-19(28)14-3-2-4-15(21)12-14/h2-8,11-12,27H,9-10H2,1H3,(H,24,28)(H2,22,23,25,26). The van der Waals surface area contributed by atoms with E-state index in [9.17, 15) is 4.79 Å². The molecule has 0 saturated heterocycles. The maximum atomic E-state index is 12.3. The Morgan fingerprint density at radius 1 is 1.07 bits per heavy atom. The molecule has 144 valence electrons. The van der Waals surface area contributed by atoms with Crippen LogP contribution in [-0.4, -0.2) is 34.1 Å². The van der Waals surface area contributed by atoms with Crippen LogP contribution in [0.4, 0.5) is 23.1 Å². The monoisotopic (exact) mass is 441 g/mol. The molecular weight excluding hydrogens is 422 g/mol. The van der Waals surface area contributed by atoms with Crippen molar-refractivity contribution in [2.45, 2.75) is 6.92 Å². The van der Waals surface area contributed by atoms with Crippen molar-refractivity contribution in [1.29, 1.82) is 0 Å². The number of rotatable bonds is 7. The largest absolute Gasteiger partial charge is 0.395 e. The van der Waals surface area contributed by atoms with Crippen LogP contribution in [0.5, 0.6) is 0 Å². The molecule has 1 aromatic heterocycles. The summed E-state index contributed by atoms with van der Waals surface area (Å²) in [5, 5.41) is 17.9. The second-order valence-electron chi connectivity index (χ2n) is 6.04. The number of carbonyl (C=O) groups is 1. The summed E-state index contributed by atoms with van der Waals surface area (Å²) in [6.07, 6.45) is 0. The minimum Gasteiger partial charge on any atom is -0.395 e. The third-order valence-electron chi connectivity index (χ3n) is 3.76. The molecule has 4 N–H and O–H groups in total. The quantitative estimate of drug-likeness (QED) is 0.442. The van der Waals surface area contributed by atoms with Gasteiger partial charge in [0.05, 0.1) is 6.61 Å². The Hall–Kier alpha value is -2.97. The van der Waals surface area contributed by atoms with Crippen LogP contribution < -0.4 is 16.0 Å². The highest BCUT2D eigenvalue weighted by atomic mass is 79.9. The molecule has 0 unspecified atom stereocenters. The summed E-state index contributed by atoms with van der Waals surface area (Å²) < 4.78 is 0.853. The minimum absolute atomic E-state index is 0.0267. The zero-order valence-electron chi connectivity index (χ0n) is 15.2. The summed E-state index contributed by atoms with van der Waals surface area (Å²) in [6.45, 7) is 2.32. The highest BCUT2D eigenvalue weighted by Gasteiger charge is 2.07. The fraction of sp³-hybridized carbons (Fsp3) is 0.150. The summed E-state index contributed by atoms with van der Waals surface area (Å²) in [5.41, 5.74) is 2.86. The Labute approximate surface area is 171 Å². The first-order valence-corrected chi connectivity index (χ1v) is 9.47. The maximum absolute atomic E-state index is 12.3. The normalized spacial score (nSPS) is 10.4. The Bertz CT molecular complexity index is 963. The zero-order chi connectivity index (χ0) is 19.9. The van der Waals surface area contributed by atoms with Gasteiger partial charge in [-0.2, -0.15) is 4.98 Å². The molecule has 0 aliphatic rings. The topological polar surface area (TPSA) is 99.2 Å². The van der Waals surface area contributed by atoms with Crippen molar-refractivity contribution >= 4 is 45.0 Å². The van der Waals surface area contributed by atoms with Gasteiger partial charge >= 0.3 is 0 Å². The molecule has 2 aromatic carbocycles. The van der Waals surface area contributed by atoms with Gasteiger partial charge in [-0.15, -0.1) is 0 Å². The Morgan fingerprint density at radius 2 is 1.82 bits per heavy atom. The lowest BCUT2D eigenvalue weighted by atomic mass is 10.2. The number of hydrogen-bond acceptors (Lipinski definition) is 6. The average molecular weight is 442 g/mol. The van der Waals surface area contributed by atoms with Gasteiger partial charge in [0, 0.05) is 39.7 Å². The Kier molecular flexibility index (Phi) is 6.57. The lowest BCUT2D eigenvalue weighted by Crippen LogP contribution is -2.11. The first-order chi connectivity index (χ1) is 13.5. The summed E-state index contributed by atoms with van der Waals surface area (Å²) in [7, 11) is 0. The summed E-state index contributed by atoms with van der Waals surface area (Å²) in [6, 6.07) is 16.3. The van der Waals surface area contributed by atoms with Crippen molar-refractivity contribution in [2.24, 2.45) is 0 Å². The lowest BCUT2D eigenvalue weighted by molar-refractivity contribution is 0.102. The van der Waals surface area contributed by atoms with E-state index in [1.165, 1.54) is 0 Å². The van der Waals surface area contributed by atoms with Crippen LogP contribution in [0.3, 0.4) is 0 Å². The van der Waals surface area contributed by atoms with Crippen LogP contribution in [-0.2, 0) is 0 Å². The van der Waals surface area contributed by atoms with Gasteiger partial charge in [-0.1, -0.05) is 22.0 Å². The predicted octanol–water partition coefficient (Wildman–Crippen LogP) is 3.95. The van der Waals surface area contributed by atoms with Crippen molar-refractivity contribution in [3.05, 3.63) is 70.3 Å². The number of aryl methyl sites for hydroxylation is 1. The number of anilines is 4. The molecule has 0 saturated carbocycles. The van der Waals surface area contributed by atoms with Crippen LogP contribution in [0.25, 0.3) is 0 Å². The van der Waals surface area contributed by atoms with Gasteiger partial charge in [0.2, 0.25) is 5.95 Å². The summed E-state index contributed by atoms with van der Waals surface area (Å²) >= 11 is 3.36. The third-order valence-corrected chi connectivity index (χ3v) is 4.25. The van der Waals surface area contributed by atoms with Crippen molar-refractivity contribution in [2.75, 3.05) is 29.1 Å². The number of benzene rings is 2. The molecule has 3 rings (SSSR count). The number of aliphatic hydroxyl groups excluding tert-OH is 1. The molecule has 28 heavy (non-hydrogen) atoms. The van der Waals surface area contributed by atoms with Gasteiger partial charge in [0.15, 0.2) is 0 Å². The molecule has 0 radical (unpaired) electrons. The second-order valence-corrected chi connectivity index (χ2v) is 6.95. The zero-order valence-corrected chi connectivity index (χ0v) is 16.8. The number of nitrogens with one attached hydrogen (secondary N) is 3. The van der Waals surface area contributed by atoms with E-state index in [4.69, 9.17) is 5.11 Å². The van der Waals surface area contributed by atoms with Crippen LogP contribution in [0.2, 0.25) is 0 Å². The van der Waals surface area contributed by atoms with E-state index in [0.29, 0.717) is 29.6 Å². The average Bonchev–Trinajstić information content (AvgIpc) is 2.67. The van der Waals surface area contributed by atoms with Crippen LogP contribution in [0.1, 0.15) is 16.1 Å². The van der Waals surface area contributed by atoms with Crippen molar-refractivity contribution in [1.82, 2.24) is 9.97 Å². The Morgan fingerprint density at radius 3 is 2.54 bits per heavy atom. The van der Waals surface area contributed by atoms with Gasteiger partial charge in [-0.3, -0.25) is 4.79 Å². The Balaban J connectivity index is 1.66. The maximum Gasteiger partial charge on any atom is 0.255 e. The van der Waals surface area contributed by atoms with E-state index in [2.05, 4.69) is 41.8 Å². The van der Waals surface area contributed by atoms with Gasteiger partial charge in [-0.05, 0) is 49.4 Å². The van der Waals surface area contributed by atoms with Crippen LogP contribution in [0.15, 0.2) is 59.1 Å². The molecule has 0 spiro atoms.